The summed E-state index contributed by atoms with van der Waals surface area (Å²) in [4.78, 5) is 8.40. The van der Waals surface area contributed by atoms with Crippen molar-refractivity contribution < 1.29 is 18.3 Å². The molecule has 7 heteroatoms. The monoisotopic (exact) mass is 313 g/mol. The minimum absolute atomic E-state index is 0.160. The number of nitrogens with one attached hydrogen (secondary N) is 1. The number of halogens is 1. The molecule has 2 heterocycles. The first-order valence-corrected chi connectivity index (χ1v) is 7.00. The summed E-state index contributed by atoms with van der Waals surface area (Å²) >= 11 is 0. The number of aliphatic hydroxyl groups is 1. The molecular formula is C16H12FN3O3. The van der Waals surface area contributed by atoms with Gasteiger partial charge in [-0.3, -0.25) is 5.32 Å². The number of fused-ring (bicyclic) bond motifs is 2. The van der Waals surface area contributed by atoms with Gasteiger partial charge in [-0.1, -0.05) is 6.07 Å². The van der Waals surface area contributed by atoms with Crippen LogP contribution in [0.2, 0.25) is 0 Å². The average molecular weight is 313 g/mol. The van der Waals surface area contributed by atoms with Crippen LogP contribution in [0.15, 0.2) is 45.2 Å². The molecule has 6 nitrogen and oxygen atoms in total. The molecule has 116 valence electrons. The minimum Gasteiger partial charge on any atom is -0.423 e. The molecule has 23 heavy (non-hydrogen) atoms. The van der Waals surface area contributed by atoms with E-state index in [1.807, 2.05) is 0 Å². The number of rotatable bonds is 3. The van der Waals surface area contributed by atoms with Crippen LogP contribution in [0.4, 0.5) is 16.4 Å². The summed E-state index contributed by atoms with van der Waals surface area (Å²) in [5.41, 5.74) is 2.78. The summed E-state index contributed by atoms with van der Waals surface area (Å²) < 4.78 is 24.2. The number of hydrogen-bond acceptors (Lipinski definition) is 6. The molecule has 0 spiro atoms. The normalized spacial score (nSPS) is 12.8. The highest BCUT2D eigenvalue weighted by molar-refractivity contribution is 5.77. The van der Waals surface area contributed by atoms with Gasteiger partial charge >= 0.3 is 12.0 Å². The van der Waals surface area contributed by atoms with E-state index in [0.717, 1.165) is 5.56 Å². The average Bonchev–Trinajstić information content (AvgIpc) is 3.08. The fourth-order valence-corrected chi connectivity index (χ4v) is 2.30. The fraction of sp³-hybridized carbons (Fsp3) is 0.125. The van der Waals surface area contributed by atoms with Crippen LogP contribution < -0.4 is 5.32 Å². The third-order valence-electron chi connectivity index (χ3n) is 3.46. The molecule has 0 saturated carbocycles. The van der Waals surface area contributed by atoms with Gasteiger partial charge in [-0.05, 0) is 36.8 Å². The third kappa shape index (κ3) is 2.51. The molecule has 0 aliphatic carbocycles. The standard InChI is InChI=1S/C16H12FN3O3/c1-8(21)9-2-4-13-11(6-9)18-15(22-13)20-16-19-12-7-10(17)3-5-14(12)23-16/h2-8,21H,1H3,(H,18,19,20). The first-order valence-electron chi connectivity index (χ1n) is 7.00. The topological polar surface area (TPSA) is 84.3 Å². The predicted octanol–water partition coefficient (Wildman–Crippen LogP) is 3.91. The lowest BCUT2D eigenvalue weighted by Crippen LogP contribution is -1.90. The smallest absolute Gasteiger partial charge is 0.303 e. The van der Waals surface area contributed by atoms with Gasteiger partial charge in [-0.25, -0.2) is 4.39 Å². The second-order valence-corrected chi connectivity index (χ2v) is 5.18. The molecule has 0 radical (unpaired) electrons. The minimum atomic E-state index is -0.584. The Bertz CT molecular complexity index is 1010. The molecular weight excluding hydrogens is 301 g/mol. The quantitative estimate of drug-likeness (QED) is 0.596. The number of hydrogen-bond donors (Lipinski definition) is 2. The molecule has 4 rings (SSSR count). The second-order valence-electron chi connectivity index (χ2n) is 5.18. The van der Waals surface area contributed by atoms with E-state index in [1.54, 1.807) is 25.1 Å². The first kappa shape index (κ1) is 13.7. The van der Waals surface area contributed by atoms with Crippen LogP contribution in [0, 0.1) is 5.82 Å². The molecule has 4 aromatic rings. The van der Waals surface area contributed by atoms with Crippen LogP contribution in [0.3, 0.4) is 0 Å². The van der Waals surface area contributed by atoms with Gasteiger partial charge in [-0.15, -0.1) is 0 Å². The van der Waals surface area contributed by atoms with Crippen LogP contribution in [0.5, 0.6) is 0 Å². The maximum absolute atomic E-state index is 13.2. The lowest BCUT2D eigenvalue weighted by molar-refractivity contribution is 0.199. The molecule has 2 N–H and O–H groups in total. The van der Waals surface area contributed by atoms with Crippen molar-refractivity contribution >= 4 is 34.2 Å². The van der Waals surface area contributed by atoms with Gasteiger partial charge < -0.3 is 13.9 Å². The van der Waals surface area contributed by atoms with Crippen molar-refractivity contribution in [3.05, 3.63) is 47.8 Å². The van der Waals surface area contributed by atoms with Gasteiger partial charge in [0.1, 0.15) is 16.9 Å². The summed E-state index contributed by atoms with van der Waals surface area (Å²) in [6.07, 6.45) is -0.584. The maximum Gasteiger partial charge on any atom is 0.303 e. The van der Waals surface area contributed by atoms with Gasteiger partial charge in [-0.2, -0.15) is 9.97 Å². The lowest BCUT2D eigenvalue weighted by atomic mass is 10.1. The first-order chi connectivity index (χ1) is 11.1. The zero-order valence-corrected chi connectivity index (χ0v) is 12.1. The van der Waals surface area contributed by atoms with Crippen molar-refractivity contribution in [1.82, 2.24) is 9.97 Å². The summed E-state index contributed by atoms with van der Waals surface area (Å²) in [6.45, 7) is 1.68. The van der Waals surface area contributed by atoms with E-state index >= 15 is 0 Å². The third-order valence-corrected chi connectivity index (χ3v) is 3.46. The van der Waals surface area contributed by atoms with Crippen molar-refractivity contribution in [3.8, 4) is 0 Å². The second kappa shape index (κ2) is 5.06. The molecule has 2 aromatic heterocycles. The summed E-state index contributed by atoms with van der Waals surface area (Å²) in [6, 6.07) is 9.70. The predicted molar refractivity (Wildman–Crippen MR) is 81.9 cm³/mol. The van der Waals surface area contributed by atoms with Gasteiger partial charge in [0, 0.05) is 6.07 Å². The van der Waals surface area contributed by atoms with Crippen LogP contribution in [-0.2, 0) is 0 Å². The van der Waals surface area contributed by atoms with Gasteiger partial charge in [0.25, 0.3) is 0 Å². The number of aromatic nitrogens is 2. The van der Waals surface area contributed by atoms with E-state index < -0.39 is 6.10 Å². The molecule has 1 unspecified atom stereocenters. The molecule has 0 amide bonds. The van der Waals surface area contributed by atoms with Crippen molar-refractivity contribution in [2.75, 3.05) is 5.32 Å². The molecule has 0 saturated heterocycles. The molecule has 0 aliphatic rings. The Morgan fingerprint density at radius 2 is 1.61 bits per heavy atom. The SMILES string of the molecule is CC(O)c1ccc2oc(Nc3nc4cc(F)ccc4o3)nc2c1. The number of anilines is 2. The molecule has 0 bridgehead atoms. The largest absolute Gasteiger partial charge is 0.423 e. The zero-order valence-electron chi connectivity index (χ0n) is 12.1. The van der Waals surface area contributed by atoms with E-state index in [4.69, 9.17) is 8.83 Å². The van der Waals surface area contributed by atoms with Crippen molar-refractivity contribution in [2.45, 2.75) is 13.0 Å². The number of aliphatic hydroxyl groups excluding tert-OH is 1. The van der Waals surface area contributed by atoms with Crippen molar-refractivity contribution in [3.63, 3.8) is 0 Å². The molecule has 0 aliphatic heterocycles. The summed E-state index contributed by atoms with van der Waals surface area (Å²) in [5.74, 6) is -0.384. The number of oxazole rings is 2. The Morgan fingerprint density at radius 1 is 1.00 bits per heavy atom. The van der Waals surface area contributed by atoms with E-state index in [0.29, 0.717) is 22.2 Å². The fourth-order valence-electron chi connectivity index (χ4n) is 2.30. The Hall–Kier alpha value is -2.93. The highest BCUT2D eigenvalue weighted by Crippen LogP contribution is 2.26. The van der Waals surface area contributed by atoms with Crippen LogP contribution in [0.1, 0.15) is 18.6 Å². The van der Waals surface area contributed by atoms with Gasteiger partial charge in [0.05, 0.1) is 6.10 Å². The highest BCUT2D eigenvalue weighted by atomic mass is 19.1. The Morgan fingerprint density at radius 3 is 2.26 bits per heavy atom. The van der Waals surface area contributed by atoms with E-state index in [1.165, 1.54) is 18.2 Å². The summed E-state index contributed by atoms with van der Waals surface area (Å²) in [7, 11) is 0. The van der Waals surface area contributed by atoms with E-state index in [9.17, 15) is 9.50 Å². The molecule has 1 atom stereocenters. The highest BCUT2D eigenvalue weighted by Gasteiger charge is 2.12. The Kier molecular flexibility index (Phi) is 3.02. The van der Waals surface area contributed by atoms with Crippen molar-refractivity contribution in [1.29, 1.82) is 0 Å². The lowest BCUT2D eigenvalue weighted by Gasteiger charge is -2.01. The Balaban J connectivity index is 1.68. The molecule has 0 fully saturated rings. The molecule has 2 aromatic carbocycles. The summed E-state index contributed by atoms with van der Waals surface area (Å²) in [5, 5.41) is 12.4. The Labute approximate surface area is 129 Å². The zero-order chi connectivity index (χ0) is 16.0. The van der Waals surface area contributed by atoms with Crippen LogP contribution in [0.25, 0.3) is 22.2 Å². The van der Waals surface area contributed by atoms with Crippen LogP contribution in [-0.4, -0.2) is 15.1 Å². The van der Waals surface area contributed by atoms with Crippen molar-refractivity contribution in [2.24, 2.45) is 0 Å². The van der Waals surface area contributed by atoms with E-state index in [2.05, 4.69) is 15.3 Å². The van der Waals surface area contributed by atoms with E-state index in [-0.39, 0.29) is 17.8 Å². The number of nitrogens with zero attached hydrogens (tertiary/aromatic N) is 2. The maximum atomic E-state index is 13.2. The van der Waals surface area contributed by atoms with Gasteiger partial charge in [0.15, 0.2) is 11.2 Å². The number of benzene rings is 2. The van der Waals surface area contributed by atoms with Crippen LogP contribution >= 0.6 is 0 Å². The van der Waals surface area contributed by atoms with Gasteiger partial charge in [0.2, 0.25) is 0 Å².